The summed E-state index contributed by atoms with van der Waals surface area (Å²) in [6.07, 6.45) is -9.13. The number of aryl methyl sites for hydroxylation is 1. The van der Waals surface area contributed by atoms with Crippen molar-refractivity contribution in [1.82, 2.24) is 9.88 Å². The Morgan fingerprint density at radius 1 is 1.07 bits per heavy atom. The first-order chi connectivity index (χ1) is 20.1. The molecule has 13 heteroatoms. The second kappa shape index (κ2) is 12.6. The number of amides is 1. The molecule has 0 radical (unpaired) electrons. The summed E-state index contributed by atoms with van der Waals surface area (Å²) >= 11 is 0. The van der Waals surface area contributed by atoms with E-state index in [0.29, 0.717) is 54.0 Å². The Morgan fingerprint density at radius 3 is 2.35 bits per heavy atom. The molecule has 43 heavy (non-hydrogen) atoms. The number of carboxylic acids is 1. The highest BCUT2D eigenvalue weighted by atomic mass is 19.4. The number of alkyl halides is 6. The fourth-order valence-electron chi connectivity index (χ4n) is 5.09. The van der Waals surface area contributed by atoms with Crippen molar-refractivity contribution in [2.75, 3.05) is 18.4 Å². The number of carboxylic acid groups (broad SMARTS) is 1. The Bertz CT molecular complexity index is 1470. The van der Waals surface area contributed by atoms with Crippen LogP contribution in [0.3, 0.4) is 0 Å². The molecule has 1 aromatic heterocycles. The van der Waals surface area contributed by atoms with Crippen LogP contribution in [0.2, 0.25) is 0 Å². The molecule has 6 nitrogen and oxygen atoms in total. The van der Waals surface area contributed by atoms with Crippen molar-refractivity contribution in [3.05, 3.63) is 82.8 Å². The number of piperidine rings is 1. The lowest BCUT2D eigenvalue weighted by atomic mass is 9.94. The van der Waals surface area contributed by atoms with Crippen LogP contribution >= 0.6 is 0 Å². The number of nitrogens with one attached hydrogen (secondary N) is 1. The maximum Gasteiger partial charge on any atom is 0.417 e. The van der Waals surface area contributed by atoms with E-state index >= 15 is 0 Å². The Balaban J connectivity index is 1.55. The smallest absolute Gasteiger partial charge is 0.417 e. The minimum absolute atomic E-state index is 0.0921. The van der Waals surface area contributed by atoms with Gasteiger partial charge in [0, 0.05) is 42.5 Å². The molecule has 230 valence electrons. The number of carbonyl (C=O) groups is 2. The molecule has 1 fully saturated rings. The molecule has 3 aromatic rings. The monoisotopic (exact) mass is 611 g/mol. The average molecular weight is 612 g/mol. The Labute approximate surface area is 242 Å². The molecule has 0 bridgehead atoms. The molecule has 0 saturated carbocycles. The van der Waals surface area contributed by atoms with E-state index in [0.717, 1.165) is 0 Å². The SMILES string of the molecule is Cc1cc(-c2ncc(C(F)(F)F)cc2F)ccc1C(CCC(F)(F)F)Nc1ccc(C(=O)N2CCC[C@@H](C(=O)O)C2)cc1. The standard InChI is InChI=1S/C30H28F7N3O3/c1-17-13-19(26-24(31)14-21(15-38-26)30(35,36)37)6-9-23(17)25(10-11-29(32,33)34)39-22-7-4-18(5-8-22)27(41)40-12-2-3-20(16-40)28(42)43/h4-9,13-15,20,25,39H,2-3,10-12,16H2,1H3,(H,42,43)/t20-,25?/m1/s1. The van der Waals surface area contributed by atoms with E-state index in [2.05, 4.69) is 10.3 Å². The summed E-state index contributed by atoms with van der Waals surface area (Å²) in [5.41, 5.74) is 0.224. The van der Waals surface area contributed by atoms with Gasteiger partial charge in [0.15, 0.2) is 0 Å². The number of aliphatic carboxylic acids is 1. The fourth-order valence-corrected chi connectivity index (χ4v) is 5.09. The summed E-state index contributed by atoms with van der Waals surface area (Å²) in [6.45, 7) is 2.10. The van der Waals surface area contributed by atoms with Crippen LogP contribution in [0.25, 0.3) is 11.3 Å². The molecule has 1 saturated heterocycles. The average Bonchev–Trinajstić information content (AvgIpc) is 2.94. The van der Waals surface area contributed by atoms with Gasteiger partial charge in [0.05, 0.1) is 17.5 Å². The van der Waals surface area contributed by atoms with Crippen LogP contribution < -0.4 is 5.32 Å². The normalized spacial score (nSPS) is 16.6. The predicted octanol–water partition coefficient (Wildman–Crippen LogP) is 7.65. The number of benzene rings is 2. The predicted molar refractivity (Wildman–Crippen MR) is 144 cm³/mol. The zero-order valence-electron chi connectivity index (χ0n) is 22.9. The molecule has 1 aliphatic rings. The van der Waals surface area contributed by atoms with Crippen molar-refractivity contribution in [2.45, 2.75) is 51.0 Å². The first kappa shape index (κ1) is 31.8. The minimum Gasteiger partial charge on any atom is -0.481 e. The fraction of sp³-hybridized carbons (Fsp3) is 0.367. The molecule has 0 aliphatic carbocycles. The van der Waals surface area contributed by atoms with E-state index in [4.69, 9.17) is 0 Å². The zero-order chi connectivity index (χ0) is 31.5. The van der Waals surface area contributed by atoms with E-state index in [9.17, 15) is 45.4 Å². The molecule has 2 atom stereocenters. The minimum atomic E-state index is -4.77. The van der Waals surface area contributed by atoms with Gasteiger partial charge in [-0.2, -0.15) is 26.3 Å². The van der Waals surface area contributed by atoms with Gasteiger partial charge in [0.25, 0.3) is 5.91 Å². The van der Waals surface area contributed by atoms with Crippen molar-refractivity contribution < 1.29 is 45.4 Å². The molecule has 1 unspecified atom stereocenters. The van der Waals surface area contributed by atoms with Gasteiger partial charge in [-0.1, -0.05) is 12.1 Å². The van der Waals surface area contributed by atoms with Crippen molar-refractivity contribution in [3.8, 4) is 11.3 Å². The summed E-state index contributed by atoms with van der Waals surface area (Å²) in [4.78, 5) is 29.3. The quantitative estimate of drug-likeness (QED) is 0.256. The van der Waals surface area contributed by atoms with Gasteiger partial charge in [-0.05, 0) is 73.7 Å². The van der Waals surface area contributed by atoms with E-state index in [1.54, 1.807) is 6.92 Å². The Hall–Kier alpha value is -4.16. The number of rotatable bonds is 8. The zero-order valence-corrected chi connectivity index (χ0v) is 22.9. The van der Waals surface area contributed by atoms with Gasteiger partial charge in [0.1, 0.15) is 11.5 Å². The number of anilines is 1. The highest BCUT2D eigenvalue weighted by Gasteiger charge is 2.33. The van der Waals surface area contributed by atoms with Gasteiger partial charge in [0.2, 0.25) is 0 Å². The third kappa shape index (κ3) is 8.02. The van der Waals surface area contributed by atoms with Crippen LogP contribution in [0, 0.1) is 18.7 Å². The van der Waals surface area contributed by atoms with E-state index < -0.39 is 48.1 Å². The molecule has 1 aliphatic heterocycles. The lowest BCUT2D eigenvalue weighted by molar-refractivity contribution is -0.143. The van der Waals surface area contributed by atoms with Crippen LogP contribution in [-0.4, -0.2) is 46.1 Å². The van der Waals surface area contributed by atoms with Gasteiger partial charge in [-0.25, -0.2) is 4.39 Å². The number of nitrogens with zero attached hydrogens (tertiary/aromatic N) is 2. The van der Waals surface area contributed by atoms with E-state index in [-0.39, 0.29) is 30.1 Å². The summed E-state index contributed by atoms with van der Waals surface area (Å²) < 4.78 is 92.7. The number of hydrogen-bond donors (Lipinski definition) is 2. The highest BCUT2D eigenvalue weighted by molar-refractivity contribution is 5.95. The number of halogens is 7. The molecule has 2 heterocycles. The van der Waals surface area contributed by atoms with Gasteiger partial charge >= 0.3 is 18.3 Å². The summed E-state index contributed by atoms with van der Waals surface area (Å²) in [6, 6.07) is 9.87. The van der Waals surface area contributed by atoms with Crippen molar-refractivity contribution >= 4 is 17.6 Å². The number of pyridine rings is 1. The second-order valence-electron chi connectivity index (χ2n) is 10.5. The van der Waals surface area contributed by atoms with Crippen LogP contribution in [-0.2, 0) is 11.0 Å². The molecule has 2 N–H and O–H groups in total. The summed E-state index contributed by atoms with van der Waals surface area (Å²) in [5.74, 6) is -3.15. The number of carbonyl (C=O) groups excluding carboxylic acids is 1. The molecule has 1 amide bonds. The summed E-state index contributed by atoms with van der Waals surface area (Å²) in [5, 5.41) is 12.3. The Kier molecular flexibility index (Phi) is 9.31. The van der Waals surface area contributed by atoms with Crippen molar-refractivity contribution in [3.63, 3.8) is 0 Å². The third-order valence-corrected chi connectivity index (χ3v) is 7.33. The number of aromatic nitrogens is 1. The van der Waals surface area contributed by atoms with Crippen LogP contribution in [0.4, 0.5) is 36.4 Å². The molecule has 2 aromatic carbocycles. The maximum atomic E-state index is 14.5. The van der Waals surface area contributed by atoms with E-state index in [1.165, 1.54) is 47.4 Å². The molecular weight excluding hydrogens is 583 g/mol. The summed E-state index contributed by atoms with van der Waals surface area (Å²) in [7, 11) is 0. The first-order valence-corrected chi connectivity index (χ1v) is 13.4. The lowest BCUT2D eigenvalue weighted by Crippen LogP contribution is -2.42. The maximum absolute atomic E-state index is 14.5. The van der Waals surface area contributed by atoms with Gasteiger partial charge < -0.3 is 15.3 Å². The van der Waals surface area contributed by atoms with Crippen LogP contribution in [0.15, 0.2) is 54.7 Å². The van der Waals surface area contributed by atoms with Gasteiger partial charge in [-0.3, -0.25) is 14.6 Å². The van der Waals surface area contributed by atoms with Crippen molar-refractivity contribution in [2.24, 2.45) is 5.92 Å². The van der Waals surface area contributed by atoms with Gasteiger partial charge in [-0.15, -0.1) is 0 Å². The molecule has 4 rings (SSSR count). The topological polar surface area (TPSA) is 82.5 Å². The number of hydrogen-bond acceptors (Lipinski definition) is 4. The first-order valence-electron chi connectivity index (χ1n) is 13.4. The van der Waals surface area contributed by atoms with Crippen LogP contribution in [0.5, 0.6) is 0 Å². The number of likely N-dealkylation sites (tertiary alicyclic amines) is 1. The lowest BCUT2D eigenvalue weighted by Gasteiger charge is -2.30. The Morgan fingerprint density at radius 2 is 1.77 bits per heavy atom. The van der Waals surface area contributed by atoms with E-state index in [1.807, 2.05) is 0 Å². The van der Waals surface area contributed by atoms with Crippen molar-refractivity contribution in [1.29, 1.82) is 0 Å². The highest BCUT2D eigenvalue weighted by Crippen LogP contribution is 2.35. The second-order valence-corrected chi connectivity index (χ2v) is 10.5. The largest absolute Gasteiger partial charge is 0.481 e. The van der Waals surface area contributed by atoms with Crippen LogP contribution in [0.1, 0.15) is 58.8 Å². The molecule has 0 spiro atoms. The molecular formula is C30H28F7N3O3. The third-order valence-electron chi connectivity index (χ3n) is 7.33.